The summed E-state index contributed by atoms with van der Waals surface area (Å²) < 4.78 is 0. The van der Waals surface area contributed by atoms with E-state index in [2.05, 4.69) is 36.2 Å². The third-order valence-electron chi connectivity index (χ3n) is 4.89. The molecule has 1 nitrogen and oxygen atoms in total. The van der Waals surface area contributed by atoms with E-state index in [0.29, 0.717) is 0 Å². The molecule has 1 aromatic rings. The van der Waals surface area contributed by atoms with E-state index in [4.69, 9.17) is 0 Å². The van der Waals surface area contributed by atoms with Crippen LogP contribution in [0.2, 0.25) is 0 Å². The average Bonchev–Trinajstić information content (AvgIpc) is 2.45. The molecule has 104 valence electrons. The lowest BCUT2D eigenvalue weighted by Crippen LogP contribution is -2.52. The van der Waals surface area contributed by atoms with Crippen molar-refractivity contribution in [3.8, 4) is 0 Å². The predicted octanol–water partition coefficient (Wildman–Crippen LogP) is 4.22. The van der Waals surface area contributed by atoms with Crippen molar-refractivity contribution in [3.05, 3.63) is 48.0 Å². The van der Waals surface area contributed by atoms with Crippen LogP contribution in [-0.2, 0) is 12.0 Å². The first kappa shape index (κ1) is 14.6. The molecule has 2 atom stereocenters. The van der Waals surface area contributed by atoms with E-state index in [1.807, 2.05) is 6.08 Å². The van der Waals surface area contributed by atoms with Gasteiger partial charge in [0, 0.05) is 12.1 Å². The standard InChI is InChI=1S/C17H23N.ClH/c1-2-13-18-17-12-6-5-8-15(17)11-10-14-7-3-4-9-16(14)17;/h2-4,7,9,15,18H,1,5-6,8,10-13H2;1H/t15-,17+;/m1./s1. The van der Waals surface area contributed by atoms with Crippen molar-refractivity contribution in [1.29, 1.82) is 0 Å². The van der Waals surface area contributed by atoms with Gasteiger partial charge in [-0.25, -0.2) is 0 Å². The van der Waals surface area contributed by atoms with Crippen molar-refractivity contribution in [1.82, 2.24) is 5.32 Å². The first-order chi connectivity index (χ1) is 8.87. The number of hydrogen-bond donors (Lipinski definition) is 1. The maximum Gasteiger partial charge on any atom is 0.0468 e. The molecule has 2 aliphatic carbocycles. The lowest BCUT2D eigenvalue weighted by molar-refractivity contribution is 0.124. The fourth-order valence-corrected chi connectivity index (χ4v) is 4.08. The quantitative estimate of drug-likeness (QED) is 0.816. The van der Waals surface area contributed by atoms with Gasteiger partial charge < -0.3 is 5.32 Å². The van der Waals surface area contributed by atoms with Crippen molar-refractivity contribution in [2.24, 2.45) is 5.92 Å². The number of benzene rings is 1. The average molecular weight is 278 g/mol. The molecule has 1 N–H and O–H groups in total. The summed E-state index contributed by atoms with van der Waals surface area (Å²) in [5.41, 5.74) is 3.37. The number of aryl methyl sites for hydroxylation is 1. The molecule has 2 aliphatic rings. The monoisotopic (exact) mass is 277 g/mol. The summed E-state index contributed by atoms with van der Waals surface area (Å²) in [6, 6.07) is 9.05. The Bertz CT molecular complexity index is 443. The summed E-state index contributed by atoms with van der Waals surface area (Å²) in [6.45, 7) is 4.79. The molecule has 0 spiro atoms. The maximum absolute atomic E-state index is 3.87. The van der Waals surface area contributed by atoms with Crippen LogP contribution < -0.4 is 5.32 Å². The minimum atomic E-state index is 0. The molecule has 0 heterocycles. The lowest BCUT2D eigenvalue weighted by atomic mass is 9.62. The minimum absolute atomic E-state index is 0. The molecule has 0 amide bonds. The van der Waals surface area contributed by atoms with Gasteiger partial charge in [0.05, 0.1) is 0 Å². The van der Waals surface area contributed by atoms with Gasteiger partial charge in [-0.15, -0.1) is 19.0 Å². The molecule has 0 aliphatic heterocycles. The second kappa shape index (κ2) is 6.11. The molecule has 0 bridgehead atoms. The Kier molecular flexibility index (Phi) is 4.70. The van der Waals surface area contributed by atoms with Crippen LogP contribution in [0.3, 0.4) is 0 Å². The van der Waals surface area contributed by atoms with E-state index in [1.54, 1.807) is 11.1 Å². The third-order valence-corrected chi connectivity index (χ3v) is 4.89. The van der Waals surface area contributed by atoms with Gasteiger partial charge in [0.1, 0.15) is 0 Å². The van der Waals surface area contributed by atoms with E-state index >= 15 is 0 Å². The Morgan fingerprint density at radius 2 is 2.11 bits per heavy atom. The summed E-state index contributed by atoms with van der Waals surface area (Å²) in [5.74, 6) is 0.820. The second-order valence-electron chi connectivity index (χ2n) is 5.78. The Labute approximate surface area is 122 Å². The highest BCUT2D eigenvalue weighted by molar-refractivity contribution is 5.85. The highest BCUT2D eigenvalue weighted by atomic mass is 35.5. The third kappa shape index (κ3) is 2.46. The largest absolute Gasteiger partial charge is 0.304 e. The topological polar surface area (TPSA) is 12.0 Å². The fraction of sp³-hybridized carbons (Fsp3) is 0.529. The molecule has 2 heteroatoms. The lowest BCUT2D eigenvalue weighted by Gasteiger charge is -2.49. The second-order valence-corrected chi connectivity index (χ2v) is 5.78. The van der Waals surface area contributed by atoms with Crippen LogP contribution in [0.1, 0.15) is 43.2 Å². The van der Waals surface area contributed by atoms with Gasteiger partial charge in [-0.1, -0.05) is 43.2 Å². The van der Waals surface area contributed by atoms with Crippen molar-refractivity contribution in [2.75, 3.05) is 6.54 Å². The SMILES string of the molecule is C=CCN[C@@]12CCCC[C@@H]1CCc1ccccc12.Cl. The molecule has 0 radical (unpaired) electrons. The van der Waals surface area contributed by atoms with Crippen LogP contribution in [0.15, 0.2) is 36.9 Å². The van der Waals surface area contributed by atoms with Crippen molar-refractivity contribution in [2.45, 2.75) is 44.1 Å². The summed E-state index contributed by atoms with van der Waals surface area (Å²) >= 11 is 0. The zero-order valence-corrected chi connectivity index (χ0v) is 12.3. The molecular weight excluding hydrogens is 254 g/mol. The first-order valence-corrected chi connectivity index (χ1v) is 7.31. The first-order valence-electron chi connectivity index (χ1n) is 7.31. The van der Waals surface area contributed by atoms with E-state index in [9.17, 15) is 0 Å². The molecule has 1 fully saturated rings. The molecule has 0 unspecified atom stereocenters. The number of nitrogens with one attached hydrogen (secondary N) is 1. The number of halogens is 1. The van der Waals surface area contributed by atoms with Crippen molar-refractivity contribution < 1.29 is 0 Å². The molecule has 3 rings (SSSR count). The molecule has 1 aromatic carbocycles. The highest BCUT2D eigenvalue weighted by Gasteiger charge is 2.44. The van der Waals surface area contributed by atoms with Crippen LogP contribution in [0.25, 0.3) is 0 Å². The predicted molar refractivity (Wildman–Crippen MR) is 83.8 cm³/mol. The zero-order valence-electron chi connectivity index (χ0n) is 11.5. The fourth-order valence-electron chi connectivity index (χ4n) is 4.08. The molecular formula is C17H24ClN. The van der Waals surface area contributed by atoms with Gasteiger partial charge in [-0.05, 0) is 42.7 Å². The van der Waals surface area contributed by atoms with E-state index < -0.39 is 0 Å². The number of hydrogen-bond acceptors (Lipinski definition) is 1. The highest BCUT2D eigenvalue weighted by Crippen LogP contribution is 2.48. The zero-order chi connectivity index (χ0) is 12.4. The summed E-state index contributed by atoms with van der Waals surface area (Å²) in [5, 5.41) is 3.82. The molecule has 0 aromatic heterocycles. The number of fused-ring (bicyclic) bond motifs is 3. The van der Waals surface area contributed by atoms with Gasteiger partial charge in [-0.2, -0.15) is 0 Å². The summed E-state index contributed by atoms with van der Waals surface area (Å²) in [7, 11) is 0. The van der Waals surface area contributed by atoms with E-state index in [0.717, 1.165) is 12.5 Å². The van der Waals surface area contributed by atoms with E-state index in [1.165, 1.54) is 38.5 Å². The normalized spacial score (nSPS) is 28.7. The smallest absolute Gasteiger partial charge is 0.0468 e. The molecule has 1 saturated carbocycles. The van der Waals surface area contributed by atoms with Gasteiger partial charge in [0.15, 0.2) is 0 Å². The van der Waals surface area contributed by atoms with Gasteiger partial charge in [0.2, 0.25) is 0 Å². The van der Waals surface area contributed by atoms with Crippen LogP contribution in [0.4, 0.5) is 0 Å². The van der Waals surface area contributed by atoms with Crippen molar-refractivity contribution >= 4 is 12.4 Å². The molecule has 19 heavy (non-hydrogen) atoms. The maximum atomic E-state index is 3.87. The van der Waals surface area contributed by atoms with Crippen molar-refractivity contribution in [3.63, 3.8) is 0 Å². The Morgan fingerprint density at radius 3 is 2.95 bits per heavy atom. The molecule has 0 saturated heterocycles. The Morgan fingerprint density at radius 1 is 1.26 bits per heavy atom. The van der Waals surface area contributed by atoms with Crippen LogP contribution >= 0.6 is 12.4 Å². The summed E-state index contributed by atoms with van der Waals surface area (Å²) in [4.78, 5) is 0. The Hall–Kier alpha value is -0.790. The van der Waals surface area contributed by atoms with Crippen LogP contribution in [0.5, 0.6) is 0 Å². The van der Waals surface area contributed by atoms with Crippen LogP contribution in [-0.4, -0.2) is 6.54 Å². The number of rotatable bonds is 3. The summed E-state index contributed by atoms with van der Waals surface area (Å²) in [6.07, 6.45) is 10.1. The Balaban J connectivity index is 0.00000133. The minimum Gasteiger partial charge on any atom is -0.304 e. The van der Waals surface area contributed by atoms with Crippen LogP contribution in [0, 0.1) is 5.92 Å². The van der Waals surface area contributed by atoms with Gasteiger partial charge in [0.25, 0.3) is 0 Å². The van der Waals surface area contributed by atoms with E-state index in [-0.39, 0.29) is 17.9 Å². The van der Waals surface area contributed by atoms with Gasteiger partial charge >= 0.3 is 0 Å². The van der Waals surface area contributed by atoms with Gasteiger partial charge in [-0.3, -0.25) is 0 Å².